The summed E-state index contributed by atoms with van der Waals surface area (Å²) in [5.74, 6) is 0.255. The van der Waals surface area contributed by atoms with Crippen molar-refractivity contribution in [1.82, 2.24) is 10.2 Å². The zero-order valence-corrected chi connectivity index (χ0v) is 13.4. The molecule has 2 N–H and O–H groups in total. The van der Waals surface area contributed by atoms with Crippen LogP contribution < -0.4 is 10.1 Å². The lowest BCUT2D eigenvalue weighted by molar-refractivity contribution is -0.131. The van der Waals surface area contributed by atoms with Gasteiger partial charge in [0.2, 0.25) is 0 Å². The van der Waals surface area contributed by atoms with Crippen LogP contribution in [0, 0.1) is 0 Å². The summed E-state index contributed by atoms with van der Waals surface area (Å²) >= 11 is 3.31. The van der Waals surface area contributed by atoms with E-state index in [2.05, 4.69) is 21.2 Å². The summed E-state index contributed by atoms with van der Waals surface area (Å²) in [6.45, 7) is 3.15. The average molecular weight is 357 g/mol. The Balaban J connectivity index is 1.87. The normalized spacial score (nSPS) is 18.6. The fourth-order valence-corrected chi connectivity index (χ4v) is 2.23. The van der Waals surface area contributed by atoms with Gasteiger partial charge in [-0.15, -0.1) is 0 Å². The summed E-state index contributed by atoms with van der Waals surface area (Å²) in [5.41, 5.74) is -0.927. The van der Waals surface area contributed by atoms with Crippen molar-refractivity contribution in [3.8, 4) is 5.75 Å². The molecule has 1 fully saturated rings. The lowest BCUT2D eigenvalue weighted by Crippen LogP contribution is -2.42. The molecule has 21 heavy (non-hydrogen) atoms. The van der Waals surface area contributed by atoms with Crippen LogP contribution in [0.2, 0.25) is 0 Å². The molecule has 1 aliphatic rings. The first-order chi connectivity index (χ1) is 9.79. The van der Waals surface area contributed by atoms with Crippen molar-refractivity contribution in [2.75, 3.05) is 13.2 Å². The van der Waals surface area contributed by atoms with Crippen LogP contribution in [-0.2, 0) is 4.79 Å². The predicted molar refractivity (Wildman–Crippen MR) is 80.0 cm³/mol. The summed E-state index contributed by atoms with van der Waals surface area (Å²) in [6.07, 6.45) is -0.947. The van der Waals surface area contributed by atoms with Gasteiger partial charge in [-0.1, -0.05) is 15.9 Å². The molecule has 1 heterocycles. The minimum Gasteiger partial charge on any atom is -0.491 e. The van der Waals surface area contributed by atoms with Gasteiger partial charge in [-0.2, -0.15) is 0 Å². The molecular weight excluding hydrogens is 340 g/mol. The molecule has 0 spiro atoms. The third-order valence-corrected chi connectivity index (χ3v) is 3.62. The SMILES string of the molecule is CC1(C)NC(=O)N(C[C@H](O)COc2ccc(Br)cc2)C1=O. The highest BCUT2D eigenvalue weighted by Crippen LogP contribution is 2.18. The quantitative estimate of drug-likeness (QED) is 0.784. The zero-order valence-electron chi connectivity index (χ0n) is 11.8. The van der Waals surface area contributed by atoms with E-state index in [1.807, 2.05) is 12.1 Å². The molecule has 7 heteroatoms. The number of nitrogens with zero attached hydrogens (tertiary/aromatic N) is 1. The minimum atomic E-state index is -0.947. The molecule has 1 aromatic rings. The number of ether oxygens (including phenoxy) is 1. The number of benzene rings is 1. The van der Waals surface area contributed by atoms with Crippen LogP contribution >= 0.6 is 15.9 Å². The number of hydrogen-bond acceptors (Lipinski definition) is 4. The molecule has 0 radical (unpaired) electrons. The summed E-state index contributed by atoms with van der Waals surface area (Å²) in [4.78, 5) is 24.7. The van der Waals surface area contributed by atoms with Crippen LogP contribution in [0.1, 0.15) is 13.8 Å². The van der Waals surface area contributed by atoms with E-state index in [0.29, 0.717) is 5.75 Å². The van der Waals surface area contributed by atoms with Gasteiger partial charge in [-0.05, 0) is 38.1 Å². The van der Waals surface area contributed by atoms with E-state index >= 15 is 0 Å². The van der Waals surface area contributed by atoms with E-state index in [0.717, 1.165) is 9.37 Å². The van der Waals surface area contributed by atoms with Crippen molar-refractivity contribution >= 4 is 27.9 Å². The molecule has 0 saturated carbocycles. The molecule has 114 valence electrons. The number of carbonyl (C=O) groups excluding carboxylic acids is 2. The summed E-state index contributed by atoms with van der Waals surface area (Å²) in [5, 5.41) is 12.5. The number of halogens is 1. The highest BCUT2D eigenvalue weighted by atomic mass is 79.9. The molecule has 6 nitrogen and oxygen atoms in total. The Labute approximate surface area is 131 Å². The number of aliphatic hydroxyl groups excluding tert-OH is 1. The number of carbonyl (C=O) groups is 2. The zero-order chi connectivity index (χ0) is 15.6. The fourth-order valence-electron chi connectivity index (χ4n) is 1.97. The molecule has 0 aliphatic carbocycles. The standard InChI is InChI=1S/C14H17BrN2O4/c1-14(2)12(19)17(13(20)16-14)7-10(18)8-21-11-5-3-9(15)4-6-11/h3-6,10,18H,7-8H2,1-2H3,(H,16,20)/t10-/m0/s1. The second-order valence-corrected chi connectivity index (χ2v) is 6.31. The number of imide groups is 1. The lowest BCUT2D eigenvalue weighted by Gasteiger charge is -2.19. The van der Waals surface area contributed by atoms with Crippen molar-refractivity contribution in [2.24, 2.45) is 0 Å². The largest absolute Gasteiger partial charge is 0.491 e. The molecular formula is C14H17BrN2O4. The third-order valence-electron chi connectivity index (χ3n) is 3.09. The molecule has 0 bridgehead atoms. The van der Waals surface area contributed by atoms with Crippen LogP contribution in [0.25, 0.3) is 0 Å². The Bertz CT molecular complexity index is 544. The van der Waals surface area contributed by atoms with E-state index in [9.17, 15) is 14.7 Å². The van der Waals surface area contributed by atoms with Crippen LogP contribution in [0.15, 0.2) is 28.7 Å². The van der Waals surface area contributed by atoms with Crippen molar-refractivity contribution < 1.29 is 19.4 Å². The molecule has 1 aromatic carbocycles. The second-order valence-electron chi connectivity index (χ2n) is 5.39. The lowest BCUT2D eigenvalue weighted by atomic mass is 10.1. The first-order valence-electron chi connectivity index (χ1n) is 6.50. The van der Waals surface area contributed by atoms with Crippen molar-refractivity contribution in [3.05, 3.63) is 28.7 Å². The number of β-amino-alcohol motifs (C(OH)–C–C–N with tert-alkyl or cyclic N) is 1. The number of urea groups is 1. The summed E-state index contributed by atoms with van der Waals surface area (Å²) in [6, 6.07) is 6.66. The Morgan fingerprint density at radius 1 is 1.33 bits per heavy atom. The molecule has 0 aromatic heterocycles. The Kier molecular flexibility index (Phi) is 4.53. The maximum Gasteiger partial charge on any atom is 0.325 e. The smallest absolute Gasteiger partial charge is 0.325 e. The maximum atomic E-state index is 12.0. The topological polar surface area (TPSA) is 78.9 Å². The molecule has 3 amide bonds. The van der Waals surface area contributed by atoms with E-state index in [1.165, 1.54) is 0 Å². The summed E-state index contributed by atoms with van der Waals surface area (Å²) in [7, 11) is 0. The minimum absolute atomic E-state index is 0.000872. The Morgan fingerprint density at radius 2 is 1.95 bits per heavy atom. The van der Waals surface area contributed by atoms with Crippen LogP contribution in [0.5, 0.6) is 5.75 Å². The number of rotatable bonds is 5. The third kappa shape index (κ3) is 3.74. The van der Waals surface area contributed by atoms with Gasteiger partial charge in [0.1, 0.15) is 24.0 Å². The molecule has 0 unspecified atom stereocenters. The number of hydrogen-bond donors (Lipinski definition) is 2. The maximum absolute atomic E-state index is 12.0. The first-order valence-corrected chi connectivity index (χ1v) is 7.29. The monoisotopic (exact) mass is 356 g/mol. The molecule has 1 atom stereocenters. The number of nitrogens with one attached hydrogen (secondary N) is 1. The average Bonchev–Trinajstić information content (AvgIpc) is 2.60. The van der Waals surface area contributed by atoms with E-state index in [1.54, 1.807) is 26.0 Å². The van der Waals surface area contributed by atoms with Crippen LogP contribution in [-0.4, -0.2) is 46.7 Å². The number of aliphatic hydroxyl groups is 1. The first kappa shape index (κ1) is 15.8. The van der Waals surface area contributed by atoms with Gasteiger partial charge in [0.15, 0.2) is 0 Å². The van der Waals surface area contributed by atoms with E-state index in [4.69, 9.17) is 4.74 Å². The van der Waals surface area contributed by atoms with Gasteiger partial charge in [0.05, 0.1) is 6.54 Å². The van der Waals surface area contributed by atoms with Gasteiger partial charge in [-0.3, -0.25) is 9.69 Å². The summed E-state index contributed by atoms with van der Waals surface area (Å²) < 4.78 is 6.34. The van der Waals surface area contributed by atoms with Gasteiger partial charge in [-0.25, -0.2) is 4.79 Å². The second kappa shape index (κ2) is 6.03. The van der Waals surface area contributed by atoms with Crippen molar-refractivity contribution in [2.45, 2.75) is 25.5 Å². The van der Waals surface area contributed by atoms with Gasteiger partial charge in [0, 0.05) is 4.47 Å². The van der Waals surface area contributed by atoms with E-state index in [-0.39, 0.29) is 19.1 Å². The Morgan fingerprint density at radius 3 is 2.48 bits per heavy atom. The highest BCUT2D eigenvalue weighted by Gasteiger charge is 2.44. The predicted octanol–water partition coefficient (Wildman–Crippen LogP) is 1.52. The van der Waals surface area contributed by atoms with Crippen LogP contribution in [0.3, 0.4) is 0 Å². The fraction of sp³-hybridized carbons (Fsp3) is 0.429. The van der Waals surface area contributed by atoms with Gasteiger partial charge >= 0.3 is 6.03 Å². The molecule has 1 aliphatic heterocycles. The van der Waals surface area contributed by atoms with Crippen molar-refractivity contribution in [1.29, 1.82) is 0 Å². The van der Waals surface area contributed by atoms with Gasteiger partial charge in [0.25, 0.3) is 5.91 Å². The van der Waals surface area contributed by atoms with Gasteiger partial charge < -0.3 is 15.2 Å². The molecule has 2 rings (SSSR count). The number of amides is 3. The van der Waals surface area contributed by atoms with Crippen LogP contribution in [0.4, 0.5) is 4.79 Å². The van der Waals surface area contributed by atoms with Crippen molar-refractivity contribution in [3.63, 3.8) is 0 Å². The van der Waals surface area contributed by atoms with E-state index < -0.39 is 17.7 Å². The Hall–Kier alpha value is -1.60. The molecule has 1 saturated heterocycles. The highest BCUT2D eigenvalue weighted by molar-refractivity contribution is 9.10.